The number of aromatic nitrogens is 3. The molecular weight excluding hydrogens is 2280 g/mol. The van der Waals surface area contributed by atoms with E-state index in [-0.39, 0.29) is 374 Å². The number of carboxylic acids is 2. The predicted octanol–water partition coefficient (Wildman–Crippen LogP) is -6.03. The van der Waals surface area contributed by atoms with E-state index >= 15 is 0 Å². The minimum atomic E-state index is -4.97. The molecule has 8 aromatic carbocycles. The second-order valence-corrected chi connectivity index (χ2v) is 35.0. The van der Waals surface area contributed by atoms with E-state index < -0.39 is 109 Å². The Morgan fingerprint density at radius 1 is 0.392 bits per heavy atom. The van der Waals surface area contributed by atoms with Crippen LogP contribution in [0.15, 0.2) is 196 Å². The van der Waals surface area contributed by atoms with Gasteiger partial charge in [0.1, 0.15) is 77.7 Å². The molecular formula is C80H50Cl8Li4N20Na4O24S8-2. The molecule has 12 rings (SSSR count). The Morgan fingerprint density at radius 3 is 1.10 bits per heavy atom. The number of thiophene rings is 1. The molecule has 0 radical (unpaired) electrons. The number of carboxylic acid groups (broad SMARTS) is 2. The maximum absolute atomic E-state index is 12.5. The van der Waals surface area contributed by atoms with Gasteiger partial charge in [0.2, 0.25) is 16.9 Å². The van der Waals surface area contributed by atoms with Crippen LogP contribution < -0.4 is 236 Å². The van der Waals surface area contributed by atoms with E-state index in [9.17, 15) is 71.1 Å². The molecule has 0 aliphatic rings. The molecule has 6 N–H and O–H groups in total. The number of carbonyl (C=O) groups excluding carboxylic acids is 4. The first-order chi connectivity index (χ1) is 65.0. The van der Waals surface area contributed by atoms with E-state index in [0.29, 0.717) is 38.2 Å². The third kappa shape index (κ3) is 48.3. The number of hydrogen-bond donors (Lipinski definition) is 6. The van der Waals surface area contributed by atoms with Gasteiger partial charge in [0.05, 0.1) is 31.0 Å². The zero-order valence-electron chi connectivity index (χ0n) is 78.0. The summed E-state index contributed by atoms with van der Waals surface area (Å²) in [7, 11) is -22.4. The standard InChI is InChI=1S/C40H24Cl4N10O6S2.C38H24Cl4N10O6S2.2CH3.4Li.4Na.4O3S/c1-20-27(18-45)37(49-26-10-12-30(44)32(17-26)62(58,59)60)50-38(48-24-8-5-22(41)6-9-24)36(20)52-53-39-28(19-46)35(40(61-39)54-51-31-16-23(42)7-11-29(31)43)21-3-2-4-25(15-21)47-33(55)13-14-34(56)57;1-19-26(18-43)35(46-25-10-12-28(42)30(17-25)60(56,57)58)48-36(45-23-8-5-21(39)6-9-23)33(19)50-52-38-47-34(37(59-38)51-49-29-16-22(40)7-11-27(29)41)20-3-2-4-24(15-20)44-31(53)13-14-32(54)55;;;;;;;;;;;4*1-4(2)3/h2-5,8-12,15-17H,13-14H2,1H3,(H,47,55)(H,56,57)(H2,48,49,50)(H,58,59,60);2-5,8-12,15-17H,13-14H2,1H3,(H,44,53)(H,54,55)(H2,45,46,48)(H,56,57,58);2*1H3;;;;;;;;;;;;/q2*-2;2*-1;8*+1;;;;/p-4. The quantitative estimate of drug-likeness (QED) is 0.0115. The van der Waals surface area contributed by atoms with Crippen LogP contribution in [0.1, 0.15) is 53.5 Å². The summed E-state index contributed by atoms with van der Waals surface area (Å²) in [4.78, 5) is 59.1. The minimum Gasteiger partial charge on any atom is -0.744 e. The Balaban J connectivity index is -0.00000115. The van der Waals surface area contributed by atoms with Crippen LogP contribution in [0.4, 0.5) is 100 Å². The molecule has 0 saturated carbocycles. The molecule has 0 saturated heterocycles. The van der Waals surface area contributed by atoms with Gasteiger partial charge in [-0.05, 0) is 114 Å². The first-order valence-corrected chi connectivity index (χ1v) is 47.6. The molecule has 0 bridgehead atoms. The van der Waals surface area contributed by atoms with Crippen LogP contribution in [0.5, 0.6) is 0 Å². The molecule has 0 atom stereocenters. The first kappa shape index (κ1) is 147. The van der Waals surface area contributed by atoms with Crippen molar-refractivity contribution in [3.8, 4) is 40.6 Å². The SMILES string of the molecule is Cc1c(C#N)c(Nc2ccc(Cl)c(S(=O)(=O)[O-])c2)nc(Nc2c[c-]c(Cl)cc2)c1N=Nc1nc(-c2cccc(NC(=O)CCC(=O)[O-])c2)c(N=Nc2cc(Cl)[c-]cc2Cl)s1.Cc1c(C#N)c(Nc2ccc(Cl)c(S(=O)(=O)[O-])c2)nc(Nc2c[c-]c(Cl)cc2)c1N=Nc1sc(N=Nc2cc(Cl)[c-]cc2Cl)c(-c2cccc(NC(=O)CCC(=O)[O-])c2)c1C#N.O=S(=O)=O.O=S(=O)=O.O=S(=O)=O.O=S(=O)=O.[CH3-].[CH3-].[Li+].[Li+].[Li+].[Li+].[Na+].[Na+].[Na+].[Na+]. The van der Waals surface area contributed by atoms with Crippen LogP contribution in [0, 0.1) is 87.0 Å². The molecule has 0 aliphatic carbocycles. The number of nitriles is 3. The molecule has 728 valence electrons. The summed E-state index contributed by atoms with van der Waals surface area (Å²) in [5.74, 6) is -3.89. The summed E-state index contributed by atoms with van der Waals surface area (Å²) >= 11 is 50.8. The fourth-order valence-corrected chi connectivity index (χ4v) is 15.1. The number of anilines is 10. The molecule has 4 heterocycles. The van der Waals surface area contributed by atoms with E-state index in [1.54, 1.807) is 92.7 Å². The Hall–Kier alpha value is -7.65. The van der Waals surface area contributed by atoms with Crippen LogP contribution in [0.2, 0.25) is 40.2 Å². The van der Waals surface area contributed by atoms with Crippen LogP contribution in [0.3, 0.4) is 0 Å². The Bertz CT molecular complexity index is 7700. The van der Waals surface area contributed by atoms with Crippen LogP contribution >= 0.6 is 115 Å². The molecule has 44 nitrogen and oxygen atoms in total. The van der Waals surface area contributed by atoms with Crippen molar-refractivity contribution in [2.24, 2.45) is 40.9 Å². The number of hydrogen-bond acceptors (Lipinski definition) is 44. The Labute approximate surface area is 1030 Å². The van der Waals surface area contributed by atoms with E-state index in [2.05, 4.69) is 130 Å². The Kier molecular flexibility index (Phi) is 70.7. The smallest absolute Gasteiger partial charge is 0.744 e. The van der Waals surface area contributed by atoms with Gasteiger partial charge in [-0.25, -0.2) is 31.8 Å². The van der Waals surface area contributed by atoms with Gasteiger partial charge in [0.25, 0.3) is 0 Å². The summed E-state index contributed by atoms with van der Waals surface area (Å²) in [5, 5.41) is 107. The molecule has 4 aromatic heterocycles. The number of rotatable bonds is 28. The van der Waals surface area contributed by atoms with Gasteiger partial charge in [-0.15, -0.1) is 152 Å². The summed E-state index contributed by atoms with van der Waals surface area (Å²) < 4.78 is 172. The molecule has 12 aromatic rings. The van der Waals surface area contributed by atoms with Crippen molar-refractivity contribution >= 4 is 302 Å². The second kappa shape index (κ2) is 71.3. The fraction of sp³-hybridized carbons (Fsp3) is 0.0750. The number of pyridine rings is 2. The summed E-state index contributed by atoms with van der Waals surface area (Å²) in [6.45, 7) is 3.14. The largest absolute Gasteiger partial charge is 1.00 e. The van der Waals surface area contributed by atoms with Crippen molar-refractivity contribution < 1.29 is 300 Å². The van der Waals surface area contributed by atoms with Crippen molar-refractivity contribution in [3.63, 3.8) is 0 Å². The number of halogens is 8. The molecule has 2 amide bonds. The van der Waals surface area contributed by atoms with Gasteiger partial charge in [-0.3, -0.25) is 9.59 Å². The van der Waals surface area contributed by atoms with Crippen LogP contribution in [0.25, 0.3) is 22.4 Å². The summed E-state index contributed by atoms with van der Waals surface area (Å²) in [6.07, 6.45) is -1.59. The number of azo groups is 4. The van der Waals surface area contributed by atoms with E-state index in [1.165, 1.54) is 54.6 Å². The second-order valence-electron chi connectivity index (χ2n) is 25.5. The van der Waals surface area contributed by atoms with E-state index in [0.717, 1.165) is 34.8 Å². The summed E-state index contributed by atoms with van der Waals surface area (Å²) in [5.41, 5.74) is 3.97. The number of benzene rings is 8. The van der Waals surface area contributed by atoms with Crippen molar-refractivity contribution in [2.45, 2.75) is 49.3 Å². The van der Waals surface area contributed by atoms with Crippen molar-refractivity contribution in [1.82, 2.24) is 15.0 Å². The number of nitrogens with zero attached hydrogens (tertiary/aromatic N) is 14. The zero-order valence-corrected chi connectivity index (χ0v) is 98.6. The van der Waals surface area contributed by atoms with Gasteiger partial charge >= 0.3 is 236 Å². The molecule has 0 unspecified atom stereocenters. The van der Waals surface area contributed by atoms with Gasteiger partial charge in [0, 0.05) is 69.8 Å². The molecule has 68 heteroatoms. The third-order valence-electron chi connectivity index (χ3n) is 16.3. The van der Waals surface area contributed by atoms with Crippen molar-refractivity contribution in [1.29, 1.82) is 15.8 Å². The van der Waals surface area contributed by atoms with Gasteiger partial charge < -0.3 is 75.7 Å². The van der Waals surface area contributed by atoms with Gasteiger partial charge in [-0.2, -0.15) is 110 Å². The topological polar surface area (TPSA) is 715 Å². The minimum absolute atomic E-state index is 0. The molecule has 0 spiro atoms. The molecule has 0 fully saturated rings. The maximum atomic E-state index is 12.5. The fourth-order valence-electron chi connectivity index (χ4n) is 10.6. The average Bonchev–Trinajstić information content (AvgIpc) is 1.48. The molecule has 0 aliphatic heterocycles. The Morgan fingerprint density at radius 2 is 0.736 bits per heavy atom. The van der Waals surface area contributed by atoms with Crippen LogP contribution in [-0.4, -0.2) is 115 Å². The first-order valence-electron chi connectivity index (χ1n) is 36.1. The van der Waals surface area contributed by atoms with E-state index in [1.807, 2.05) is 0 Å². The number of amides is 2. The monoisotopic (exact) mass is 2330 g/mol. The number of carbonyl (C=O) groups is 4. The normalized spacial score (nSPS) is 10.1. The van der Waals surface area contributed by atoms with Crippen molar-refractivity contribution in [2.75, 3.05) is 31.9 Å². The van der Waals surface area contributed by atoms with Gasteiger partial charge in [-0.1, -0.05) is 102 Å². The van der Waals surface area contributed by atoms with Crippen LogP contribution in [-0.2, 0) is 81.8 Å². The van der Waals surface area contributed by atoms with E-state index in [4.69, 9.17) is 143 Å². The third-order valence-corrected chi connectivity index (χ3v) is 22.2. The van der Waals surface area contributed by atoms with Crippen molar-refractivity contribution in [3.05, 3.63) is 253 Å². The number of nitrogens with one attached hydrogen (secondary N) is 6. The number of thiazole rings is 1. The predicted molar refractivity (Wildman–Crippen MR) is 507 cm³/mol. The zero-order chi connectivity index (χ0) is 102. The number of aliphatic carboxylic acids is 2. The summed E-state index contributed by atoms with van der Waals surface area (Å²) in [6, 6.07) is 52.8. The average molecular weight is 2340 g/mol. The molecule has 148 heavy (non-hydrogen) atoms. The van der Waals surface area contributed by atoms with Gasteiger partial charge in [0.15, 0.2) is 21.6 Å². The maximum Gasteiger partial charge on any atom is 1.00 e.